The number of carbonyl (C=O) groups excluding carboxylic acids is 1. The van der Waals surface area contributed by atoms with Crippen molar-refractivity contribution in [3.05, 3.63) is 30.1 Å². The zero-order valence-corrected chi connectivity index (χ0v) is 11.8. The first-order valence-corrected chi connectivity index (χ1v) is 6.97. The van der Waals surface area contributed by atoms with Crippen molar-refractivity contribution in [3.8, 4) is 0 Å². The van der Waals surface area contributed by atoms with Crippen molar-refractivity contribution in [2.24, 2.45) is 5.73 Å². The molecular weight excluding hydrogens is 238 g/mol. The van der Waals surface area contributed by atoms with Gasteiger partial charge in [-0.15, -0.1) is 0 Å². The molecule has 0 radical (unpaired) electrons. The van der Waals surface area contributed by atoms with Gasteiger partial charge in [0, 0.05) is 31.4 Å². The predicted octanol–water partition coefficient (Wildman–Crippen LogP) is 1.74. The van der Waals surface area contributed by atoms with Crippen LogP contribution in [-0.2, 0) is 11.2 Å². The number of rotatable bonds is 3. The van der Waals surface area contributed by atoms with Crippen molar-refractivity contribution < 1.29 is 4.79 Å². The molecule has 4 nitrogen and oxygen atoms in total. The molecule has 1 unspecified atom stereocenters. The average molecular weight is 261 g/mol. The van der Waals surface area contributed by atoms with E-state index in [9.17, 15) is 4.79 Å². The number of likely N-dealkylation sites (tertiary alicyclic amines) is 1. The molecule has 0 aliphatic carbocycles. The number of hydrogen-bond acceptors (Lipinski definition) is 3. The monoisotopic (exact) mass is 261 g/mol. The summed E-state index contributed by atoms with van der Waals surface area (Å²) in [6.07, 6.45) is 6.84. The maximum absolute atomic E-state index is 12.4. The van der Waals surface area contributed by atoms with Gasteiger partial charge in [-0.05, 0) is 50.8 Å². The zero-order chi connectivity index (χ0) is 13.9. The molecule has 1 saturated heterocycles. The van der Waals surface area contributed by atoms with Crippen LogP contribution in [0.5, 0.6) is 0 Å². The first kappa shape index (κ1) is 14.0. The van der Waals surface area contributed by atoms with Crippen LogP contribution in [0.1, 0.15) is 38.7 Å². The van der Waals surface area contributed by atoms with Gasteiger partial charge in [0.15, 0.2) is 0 Å². The van der Waals surface area contributed by atoms with Crippen LogP contribution in [0.25, 0.3) is 0 Å². The van der Waals surface area contributed by atoms with E-state index in [-0.39, 0.29) is 17.5 Å². The van der Waals surface area contributed by atoms with Crippen molar-refractivity contribution in [1.82, 2.24) is 9.88 Å². The van der Waals surface area contributed by atoms with Crippen molar-refractivity contribution >= 4 is 5.91 Å². The summed E-state index contributed by atoms with van der Waals surface area (Å²) in [5, 5.41) is 0. The second-order valence-corrected chi connectivity index (χ2v) is 5.80. The molecule has 2 N–H and O–H groups in total. The van der Waals surface area contributed by atoms with Gasteiger partial charge in [0.1, 0.15) is 0 Å². The van der Waals surface area contributed by atoms with Gasteiger partial charge in [-0.1, -0.05) is 0 Å². The van der Waals surface area contributed by atoms with Gasteiger partial charge in [0.25, 0.3) is 0 Å². The van der Waals surface area contributed by atoms with E-state index in [2.05, 4.69) is 18.8 Å². The number of piperidine rings is 1. The van der Waals surface area contributed by atoms with Crippen LogP contribution in [0.3, 0.4) is 0 Å². The molecule has 0 spiro atoms. The zero-order valence-electron chi connectivity index (χ0n) is 11.8. The lowest BCUT2D eigenvalue weighted by molar-refractivity contribution is -0.139. The summed E-state index contributed by atoms with van der Waals surface area (Å²) in [4.78, 5) is 18.3. The maximum atomic E-state index is 12.4. The molecule has 1 aliphatic rings. The number of aryl methyl sites for hydroxylation is 1. The van der Waals surface area contributed by atoms with Crippen molar-refractivity contribution in [2.75, 3.05) is 6.54 Å². The topological polar surface area (TPSA) is 59.2 Å². The summed E-state index contributed by atoms with van der Waals surface area (Å²) in [5.41, 5.74) is 7.07. The van der Waals surface area contributed by atoms with Gasteiger partial charge in [-0.25, -0.2) is 0 Å². The van der Waals surface area contributed by atoms with Crippen molar-refractivity contribution in [3.63, 3.8) is 0 Å². The Bertz CT molecular complexity index is 430. The summed E-state index contributed by atoms with van der Waals surface area (Å²) in [5.74, 6) is 0.206. The van der Waals surface area contributed by atoms with Crippen LogP contribution >= 0.6 is 0 Å². The molecule has 1 fully saturated rings. The maximum Gasteiger partial charge on any atom is 0.223 e. The summed E-state index contributed by atoms with van der Waals surface area (Å²) < 4.78 is 0. The third-order valence-electron chi connectivity index (χ3n) is 4.18. The molecule has 1 aromatic rings. The first-order chi connectivity index (χ1) is 9.01. The van der Waals surface area contributed by atoms with E-state index < -0.39 is 0 Å². The third-order valence-corrected chi connectivity index (χ3v) is 4.18. The van der Waals surface area contributed by atoms with Crippen LogP contribution < -0.4 is 5.73 Å². The van der Waals surface area contributed by atoms with E-state index in [4.69, 9.17) is 5.73 Å². The quantitative estimate of drug-likeness (QED) is 0.901. The fraction of sp³-hybridized carbons (Fsp3) is 0.600. The second kappa shape index (κ2) is 5.70. The lowest BCUT2D eigenvalue weighted by atomic mass is 9.85. The smallest absolute Gasteiger partial charge is 0.223 e. The molecule has 0 aromatic carbocycles. The number of nitrogens with two attached hydrogens (primary N) is 1. The Morgan fingerprint density at radius 2 is 2.16 bits per heavy atom. The van der Waals surface area contributed by atoms with Gasteiger partial charge in [0.2, 0.25) is 5.91 Å². The molecule has 104 valence electrons. The number of hydrogen-bond donors (Lipinski definition) is 1. The second-order valence-electron chi connectivity index (χ2n) is 5.80. The number of carbonyl (C=O) groups is 1. The number of aromatic nitrogens is 1. The number of nitrogens with zero attached hydrogens (tertiary/aromatic N) is 2. The average Bonchev–Trinajstić information content (AvgIpc) is 2.40. The lowest BCUT2D eigenvalue weighted by Gasteiger charge is -2.46. The lowest BCUT2D eigenvalue weighted by Crippen LogP contribution is -2.61. The van der Waals surface area contributed by atoms with Gasteiger partial charge < -0.3 is 10.6 Å². The molecule has 0 bridgehead atoms. The van der Waals surface area contributed by atoms with E-state index in [0.29, 0.717) is 6.42 Å². The molecule has 4 heteroatoms. The summed E-state index contributed by atoms with van der Waals surface area (Å²) in [6, 6.07) is 3.99. The van der Waals surface area contributed by atoms with Crippen molar-refractivity contribution in [1.29, 1.82) is 0 Å². The Morgan fingerprint density at radius 1 is 1.47 bits per heavy atom. The normalized spacial score (nSPS) is 22.3. The minimum atomic E-state index is -0.229. The molecule has 2 rings (SSSR count). The largest absolute Gasteiger partial charge is 0.336 e. The van der Waals surface area contributed by atoms with E-state index in [1.807, 2.05) is 17.0 Å². The van der Waals surface area contributed by atoms with Crippen LogP contribution in [-0.4, -0.2) is 33.9 Å². The fourth-order valence-electron chi connectivity index (χ4n) is 2.69. The summed E-state index contributed by atoms with van der Waals surface area (Å²) >= 11 is 0. The number of amides is 1. The van der Waals surface area contributed by atoms with Gasteiger partial charge in [0.05, 0.1) is 5.54 Å². The molecule has 0 saturated carbocycles. The molecule has 2 heterocycles. The highest BCUT2D eigenvalue weighted by Gasteiger charge is 2.38. The van der Waals surface area contributed by atoms with E-state index in [1.165, 1.54) is 0 Å². The van der Waals surface area contributed by atoms with Crippen LogP contribution in [0, 0.1) is 0 Å². The Balaban J connectivity index is 1.96. The Kier molecular flexibility index (Phi) is 4.20. The molecule has 1 amide bonds. The highest BCUT2D eigenvalue weighted by molar-refractivity contribution is 5.77. The van der Waals surface area contributed by atoms with E-state index >= 15 is 0 Å². The molecular formula is C15H23N3O. The highest BCUT2D eigenvalue weighted by Crippen LogP contribution is 2.27. The fourth-order valence-corrected chi connectivity index (χ4v) is 2.69. The predicted molar refractivity (Wildman–Crippen MR) is 75.6 cm³/mol. The SMILES string of the molecule is CC1(C)C(N)CCCN1C(=O)CCc1ccncc1. The Labute approximate surface area is 115 Å². The minimum absolute atomic E-state index is 0.0751. The van der Waals surface area contributed by atoms with Crippen LogP contribution in [0.4, 0.5) is 0 Å². The standard InChI is InChI=1S/C15H23N3O/c1-15(2)13(16)4-3-11-18(15)14(19)6-5-12-7-9-17-10-8-12/h7-10,13H,3-6,11,16H2,1-2H3. The van der Waals surface area contributed by atoms with Crippen LogP contribution in [0.15, 0.2) is 24.5 Å². The number of pyridine rings is 1. The molecule has 1 aliphatic heterocycles. The van der Waals surface area contributed by atoms with Gasteiger partial charge in [-0.3, -0.25) is 9.78 Å². The minimum Gasteiger partial charge on any atom is -0.336 e. The molecule has 1 aromatic heterocycles. The van der Waals surface area contributed by atoms with Gasteiger partial charge in [-0.2, -0.15) is 0 Å². The van der Waals surface area contributed by atoms with Crippen molar-refractivity contribution in [2.45, 2.75) is 51.1 Å². The van der Waals surface area contributed by atoms with E-state index in [0.717, 1.165) is 31.4 Å². The van der Waals surface area contributed by atoms with Crippen LogP contribution in [0.2, 0.25) is 0 Å². The highest BCUT2D eigenvalue weighted by atomic mass is 16.2. The Hall–Kier alpha value is -1.42. The van der Waals surface area contributed by atoms with Gasteiger partial charge >= 0.3 is 0 Å². The third kappa shape index (κ3) is 3.13. The summed E-state index contributed by atoms with van der Waals surface area (Å²) in [7, 11) is 0. The molecule has 1 atom stereocenters. The summed E-state index contributed by atoms with van der Waals surface area (Å²) in [6.45, 7) is 4.97. The molecule has 19 heavy (non-hydrogen) atoms. The first-order valence-electron chi connectivity index (χ1n) is 6.97. The van der Waals surface area contributed by atoms with E-state index in [1.54, 1.807) is 12.4 Å². The Morgan fingerprint density at radius 3 is 2.84 bits per heavy atom.